The van der Waals surface area contributed by atoms with E-state index in [2.05, 4.69) is 0 Å². The highest BCUT2D eigenvalue weighted by Gasteiger charge is 2.54. The number of ether oxygens (including phenoxy) is 5. The molecule has 0 radical (unpaired) electrons. The van der Waals surface area contributed by atoms with E-state index in [1.165, 1.54) is 21.0 Å². The number of aliphatic hydroxyl groups is 4. The monoisotopic (exact) mass is 742 g/mol. The lowest BCUT2D eigenvalue weighted by Crippen LogP contribution is -2.39. The Morgan fingerprint density at radius 1 is 0.511 bits per heavy atom. The third-order valence-corrected chi connectivity index (χ3v) is 13.2. The summed E-state index contributed by atoms with van der Waals surface area (Å²) in [5.41, 5.74) is 0. The molecule has 21 heteroatoms. The molecule has 4 fully saturated rings. The number of rotatable bonds is 14. The SMILES string of the molecule is CC[C@H]1O[C@@H](C)[C@@H](O)C1OP(=O)(O)C[C@H]1O[C@@H](C)[C@@H](O)C1OP(=O)(O)C[C@H]1O[C@@H](C)[C@@H](O)C1OP(=O)(O)C[C@H]1O[C@@H](C)[C@@H](O)C1OC. The summed E-state index contributed by atoms with van der Waals surface area (Å²) in [5, 5.41) is 42.1. The maximum Gasteiger partial charge on any atom is 0.331 e. The van der Waals surface area contributed by atoms with E-state index in [4.69, 9.17) is 37.3 Å². The minimum atomic E-state index is -4.81. The highest BCUT2D eigenvalue weighted by molar-refractivity contribution is 7.53. The quantitative estimate of drug-likeness (QED) is 0.113. The van der Waals surface area contributed by atoms with E-state index in [-0.39, 0.29) is 0 Å². The van der Waals surface area contributed by atoms with Crippen LogP contribution in [0.3, 0.4) is 0 Å². The molecule has 0 aliphatic carbocycles. The van der Waals surface area contributed by atoms with Crippen LogP contribution < -0.4 is 0 Å². The highest BCUT2D eigenvalue weighted by atomic mass is 31.2. The van der Waals surface area contributed by atoms with Gasteiger partial charge in [-0.2, -0.15) is 0 Å². The minimum absolute atomic E-state index is 0.387. The van der Waals surface area contributed by atoms with Crippen molar-refractivity contribution in [1.29, 1.82) is 0 Å². The molecule has 0 saturated carbocycles. The second kappa shape index (κ2) is 15.4. The van der Waals surface area contributed by atoms with Crippen LogP contribution in [0, 0.1) is 0 Å². The van der Waals surface area contributed by atoms with Gasteiger partial charge in [0.25, 0.3) is 0 Å². The zero-order valence-electron chi connectivity index (χ0n) is 27.0. The van der Waals surface area contributed by atoms with E-state index < -0.39 is 139 Å². The van der Waals surface area contributed by atoms with Crippen LogP contribution >= 0.6 is 22.8 Å². The topological polar surface area (TPSA) is 267 Å². The lowest BCUT2D eigenvalue weighted by atomic mass is 10.1. The molecule has 0 amide bonds. The maximum atomic E-state index is 13.4. The summed E-state index contributed by atoms with van der Waals surface area (Å²) in [5.74, 6) is 0. The first-order valence-electron chi connectivity index (χ1n) is 15.6. The Morgan fingerprint density at radius 2 is 0.766 bits per heavy atom. The van der Waals surface area contributed by atoms with Crippen LogP contribution in [-0.4, -0.2) is 158 Å². The molecule has 7 N–H and O–H groups in total. The number of hydrogen-bond donors (Lipinski definition) is 7. The molecule has 0 aromatic carbocycles. The third-order valence-electron chi connectivity index (χ3n) is 9.06. The molecule has 0 bridgehead atoms. The fourth-order valence-corrected chi connectivity index (χ4v) is 10.9. The smallest absolute Gasteiger partial charge is 0.331 e. The van der Waals surface area contributed by atoms with Crippen LogP contribution in [0.2, 0.25) is 0 Å². The van der Waals surface area contributed by atoms with Gasteiger partial charge in [0, 0.05) is 7.11 Å². The van der Waals surface area contributed by atoms with Gasteiger partial charge in [-0.25, -0.2) is 0 Å². The van der Waals surface area contributed by atoms with Gasteiger partial charge in [-0.1, -0.05) is 6.92 Å². The molecular weight excluding hydrogens is 693 g/mol. The van der Waals surface area contributed by atoms with E-state index in [0.29, 0.717) is 6.42 Å². The Morgan fingerprint density at radius 3 is 1.06 bits per heavy atom. The zero-order valence-corrected chi connectivity index (χ0v) is 29.7. The van der Waals surface area contributed by atoms with E-state index in [0.717, 1.165) is 0 Å². The third kappa shape index (κ3) is 9.31. The Bertz CT molecular complexity index is 1210. The van der Waals surface area contributed by atoms with Crippen molar-refractivity contribution in [2.24, 2.45) is 0 Å². The summed E-state index contributed by atoms with van der Waals surface area (Å²) >= 11 is 0. The van der Waals surface area contributed by atoms with Crippen LogP contribution in [0.1, 0.15) is 41.0 Å². The molecule has 4 aliphatic rings. The summed E-state index contributed by atoms with van der Waals surface area (Å²) in [6.07, 6.45) is -20.2. The van der Waals surface area contributed by atoms with Crippen molar-refractivity contribution in [3.8, 4) is 0 Å². The van der Waals surface area contributed by atoms with E-state index in [1.807, 2.05) is 0 Å². The predicted octanol–water partition coefficient (Wildman–Crippen LogP) is -0.284. The van der Waals surface area contributed by atoms with Crippen molar-refractivity contribution in [1.82, 2.24) is 0 Å². The van der Waals surface area contributed by atoms with Gasteiger partial charge in [0.2, 0.25) is 0 Å². The molecule has 4 aliphatic heterocycles. The molecule has 7 unspecified atom stereocenters. The van der Waals surface area contributed by atoms with Gasteiger partial charge in [0.1, 0.15) is 48.8 Å². The zero-order chi connectivity index (χ0) is 35.2. The summed E-state index contributed by atoms with van der Waals surface area (Å²) in [6.45, 7) is 7.76. The first-order valence-corrected chi connectivity index (χ1v) is 20.9. The van der Waals surface area contributed by atoms with Crippen LogP contribution in [-0.2, 0) is 51.0 Å². The largest absolute Gasteiger partial charge is 0.388 e. The average molecular weight is 743 g/mol. The van der Waals surface area contributed by atoms with Gasteiger partial charge < -0.3 is 58.8 Å². The van der Waals surface area contributed by atoms with Gasteiger partial charge in [0.05, 0.1) is 67.3 Å². The van der Waals surface area contributed by atoms with Crippen LogP contribution in [0.4, 0.5) is 0 Å². The summed E-state index contributed by atoms with van der Waals surface area (Å²) in [6, 6.07) is 0. The predicted molar refractivity (Wildman–Crippen MR) is 161 cm³/mol. The molecule has 18 nitrogen and oxygen atoms in total. The van der Waals surface area contributed by atoms with Gasteiger partial charge >= 0.3 is 22.8 Å². The van der Waals surface area contributed by atoms with Crippen molar-refractivity contribution in [2.45, 2.75) is 139 Å². The van der Waals surface area contributed by atoms with Crippen molar-refractivity contribution >= 4 is 22.8 Å². The van der Waals surface area contributed by atoms with E-state index in [1.54, 1.807) is 20.8 Å². The summed E-state index contributed by atoms with van der Waals surface area (Å²) < 4.78 is 83.5. The lowest BCUT2D eigenvalue weighted by molar-refractivity contribution is -0.00687. The van der Waals surface area contributed by atoms with Gasteiger partial charge in [-0.05, 0) is 34.1 Å². The fraction of sp³-hybridized carbons (Fsp3) is 1.00. The van der Waals surface area contributed by atoms with Crippen LogP contribution in [0.15, 0.2) is 0 Å². The molecule has 4 rings (SSSR count). The second-order valence-corrected chi connectivity index (χ2v) is 18.3. The maximum absolute atomic E-state index is 13.4. The Labute approximate surface area is 273 Å². The van der Waals surface area contributed by atoms with Crippen molar-refractivity contribution in [2.75, 3.05) is 25.6 Å². The number of aliphatic hydroxyl groups excluding tert-OH is 4. The fourth-order valence-electron chi connectivity index (χ4n) is 6.52. The highest BCUT2D eigenvalue weighted by Crippen LogP contribution is 2.54. The van der Waals surface area contributed by atoms with Crippen LogP contribution in [0.25, 0.3) is 0 Å². The van der Waals surface area contributed by atoms with Crippen LogP contribution in [0.5, 0.6) is 0 Å². The Hall–Kier alpha value is 0.0900. The van der Waals surface area contributed by atoms with Gasteiger partial charge in [-0.15, -0.1) is 0 Å². The molecule has 276 valence electrons. The van der Waals surface area contributed by atoms with Crippen molar-refractivity contribution in [3.63, 3.8) is 0 Å². The number of methoxy groups -OCH3 is 1. The first-order chi connectivity index (χ1) is 21.7. The van der Waals surface area contributed by atoms with E-state index in [9.17, 15) is 48.8 Å². The Balaban J connectivity index is 1.43. The summed E-state index contributed by atoms with van der Waals surface area (Å²) in [7, 11) is -12.7. The molecule has 47 heavy (non-hydrogen) atoms. The molecule has 4 heterocycles. The summed E-state index contributed by atoms with van der Waals surface area (Å²) in [4.78, 5) is 32.3. The van der Waals surface area contributed by atoms with E-state index >= 15 is 0 Å². The Kier molecular flexibility index (Phi) is 13.0. The minimum Gasteiger partial charge on any atom is -0.388 e. The normalized spacial score (nSPS) is 47.9. The second-order valence-electron chi connectivity index (χ2n) is 12.8. The molecular formula is C26H49O18P3. The number of hydrogen-bond acceptors (Lipinski definition) is 15. The van der Waals surface area contributed by atoms with Gasteiger partial charge in [0.15, 0.2) is 0 Å². The molecule has 0 aromatic heterocycles. The molecule has 4 saturated heterocycles. The standard InChI is InChI=1S/C26H49O18P3/c1-7-15-24(20(28)12(3)38-15)42-46(33,34)9-17-26(22(30)14(5)40-17)44-47(35,36)10-18-25(21(29)13(4)41-18)43-45(31,32)8-16-23(37-6)19(27)11(2)39-16/h11-30H,7-10H2,1-6H3,(H,31,32)(H,33,34)(H,35,36)/t11-,12-,13-,14-,15+,16+,17+,18+,19+,20+,21+,22+,23?,24?,25?,26?/m0/s1. The molecule has 0 aromatic rings. The van der Waals surface area contributed by atoms with Gasteiger partial charge in [-0.3, -0.25) is 27.3 Å². The average Bonchev–Trinajstić information content (AvgIpc) is 3.57. The first kappa shape index (κ1) is 39.9. The van der Waals surface area contributed by atoms with Crippen molar-refractivity contribution < 1.29 is 86.1 Å². The molecule has 19 atom stereocenters. The van der Waals surface area contributed by atoms with Crippen molar-refractivity contribution in [3.05, 3.63) is 0 Å². The lowest BCUT2D eigenvalue weighted by Gasteiger charge is -2.29. The molecule has 0 spiro atoms.